The maximum Gasteiger partial charge on any atom is 0.216 e. The molecular weight excluding hydrogens is 384 g/mol. The van der Waals surface area contributed by atoms with Crippen molar-refractivity contribution in [3.05, 3.63) is 57.8 Å². The summed E-state index contributed by atoms with van der Waals surface area (Å²) >= 11 is 11.6. The van der Waals surface area contributed by atoms with E-state index in [1.54, 1.807) is 18.3 Å². The number of rotatable bonds is 6. The molecule has 6 nitrogen and oxygen atoms in total. The Kier molecular flexibility index (Phi) is 5.91. The number of H-pyrrole nitrogens is 1. The zero-order valence-electron chi connectivity index (χ0n) is 14.3. The molecule has 1 heterocycles. The SMILES string of the molecule is C#CCOc1c(Cl)cc(/C=N\n2c(-c3ccccc3)n[nH]c2=S)cc1OC. The van der Waals surface area contributed by atoms with Gasteiger partial charge in [-0.1, -0.05) is 47.9 Å². The highest BCUT2D eigenvalue weighted by atomic mass is 35.5. The number of hydrogen-bond donors (Lipinski definition) is 1. The average molecular weight is 399 g/mol. The summed E-state index contributed by atoms with van der Waals surface area (Å²) in [4.78, 5) is 0. The van der Waals surface area contributed by atoms with Crippen molar-refractivity contribution in [3.63, 3.8) is 0 Å². The lowest BCUT2D eigenvalue weighted by molar-refractivity contribution is 0.331. The van der Waals surface area contributed by atoms with Crippen molar-refractivity contribution in [1.82, 2.24) is 14.9 Å². The molecule has 0 aliphatic heterocycles. The molecule has 0 atom stereocenters. The van der Waals surface area contributed by atoms with Gasteiger partial charge >= 0.3 is 0 Å². The lowest BCUT2D eigenvalue weighted by atomic mass is 10.2. The molecule has 1 N–H and O–H groups in total. The Hall–Kier alpha value is -3.08. The Balaban J connectivity index is 1.96. The van der Waals surface area contributed by atoms with Crippen LogP contribution in [0.5, 0.6) is 11.5 Å². The van der Waals surface area contributed by atoms with Gasteiger partial charge in [0.2, 0.25) is 4.77 Å². The van der Waals surface area contributed by atoms with Gasteiger partial charge in [0.05, 0.1) is 18.3 Å². The first-order chi connectivity index (χ1) is 13.1. The van der Waals surface area contributed by atoms with Crippen LogP contribution in [0.2, 0.25) is 5.02 Å². The molecule has 2 aromatic carbocycles. The van der Waals surface area contributed by atoms with Crippen molar-refractivity contribution in [3.8, 4) is 35.2 Å². The molecular formula is C19H15ClN4O2S. The molecule has 3 aromatic rings. The van der Waals surface area contributed by atoms with Crippen LogP contribution in [0.1, 0.15) is 5.56 Å². The third-order valence-electron chi connectivity index (χ3n) is 3.56. The first kappa shape index (κ1) is 18.7. The Labute approximate surface area is 166 Å². The number of benzene rings is 2. The molecule has 0 unspecified atom stereocenters. The highest BCUT2D eigenvalue weighted by molar-refractivity contribution is 7.71. The molecule has 0 saturated carbocycles. The number of nitrogens with zero attached hydrogens (tertiary/aromatic N) is 3. The van der Waals surface area contributed by atoms with Crippen molar-refractivity contribution < 1.29 is 9.47 Å². The van der Waals surface area contributed by atoms with Crippen LogP contribution in [-0.4, -0.2) is 34.8 Å². The summed E-state index contributed by atoms with van der Waals surface area (Å²) in [6, 6.07) is 13.1. The van der Waals surface area contributed by atoms with Crippen LogP contribution in [0.25, 0.3) is 11.4 Å². The van der Waals surface area contributed by atoms with E-state index in [0.717, 1.165) is 5.56 Å². The van der Waals surface area contributed by atoms with Crippen molar-refractivity contribution in [2.45, 2.75) is 0 Å². The highest BCUT2D eigenvalue weighted by Gasteiger charge is 2.12. The largest absolute Gasteiger partial charge is 0.493 e. The molecule has 3 rings (SSSR count). The molecule has 27 heavy (non-hydrogen) atoms. The maximum absolute atomic E-state index is 6.29. The summed E-state index contributed by atoms with van der Waals surface area (Å²) in [5, 5.41) is 11.8. The summed E-state index contributed by atoms with van der Waals surface area (Å²) in [6.07, 6.45) is 6.83. The van der Waals surface area contributed by atoms with Crippen LogP contribution >= 0.6 is 23.8 Å². The van der Waals surface area contributed by atoms with E-state index in [2.05, 4.69) is 21.2 Å². The van der Waals surface area contributed by atoms with E-state index < -0.39 is 0 Å². The summed E-state index contributed by atoms with van der Waals surface area (Å²) in [5.41, 5.74) is 1.59. The average Bonchev–Trinajstić information content (AvgIpc) is 3.06. The molecule has 0 spiro atoms. The molecule has 0 bridgehead atoms. The van der Waals surface area contributed by atoms with E-state index >= 15 is 0 Å². The Morgan fingerprint density at radius 3 is 2.85 bits per heavy atom. The van der Waals surface area contributed by atoms with Crippen LogP contribution in [0.3, 0.4) is 0 Å². The maximum atomic E-state index is 6.29. The van der Waals surface area contributed by atoms with E-state index in [4.69, 9.17) is 39.7 Å². The molecule has 1 aromatic heterocycles. The second kappa shape index (κ2) is 8.54. The lowest BCUT2D eigenvalue weighted by Gasteiger charge is -2.11. The second-order valence-corrected chi connectivity index (χ2v) is 6.10. The van der Waals surface area contributed by atoms with Gasteiger partial charge < -0.3 is 9.47 Å². The Morgan fingerprint density at radius 2 is 2.15 bits per heavy atom. The monoisotopic (exact) mass is 398 g/mol. The molecule has 8 heteroatoms. The number of terminal acetylenes is 1. The predicted molar refractivity (Wildman–Crippen MR) is 108 cm³/mol. The van der Waals surface area contributed by atoms with Gasteiger partial charge in [0.1, 0.15) is 6.61 Å². The van der Waals surface area contributed by atoms with Crippen LogP contribution in [0.15, 0.2) is 47.6 Å². The fourth-order valence-corrected chi connectivity index (χ4v) is 2.82. The second-order valence-electron chi connectivity index (χ2n) is 5.30. The quantitative estimate of drug-likeness (QED) is 0.384. The number of methoxy groups -OCH3 is 1. The molecule has 0 radical (unpaired) electrons. The minimum absolute atomic E-state index is 0.0914. The fraction of sp³-hybridized carbons (Fsp3) is 0.105. The molecule has 0 amide bonds. The van der Waals surface area contributed by atoms with E-state index in [0.29, 0.717) is 32.7 Å². The smallest absolute Gasteiger partial charge is 0.216 e. The minimum atomic E-state index is 0.0914. The fourth-order valence-electron chi connectivity index (χ4n) is 2.37. The Bertz CT molecular complexity index is 1070. The Morgan fingerprint density at radius 1 is 1.37 bits per heavy atom. The number of aromatic amines is 1. The van der Waals surface area contributed by atoms with Crippen LogP contribution in [0, 0.1) is 17.1 Å². The topological polar surface area (TPSA) is 64.4 Å². The van der Waals surface area contributed by atoms with Crippen LogP contribution in [-0.2, 0) is 0 Å². The lowest BCUT2D eigenvalue weighted by Crippen LogP contribution is -1.99. The number of halogens is 1. The van der Waals surface area contributed by atoms with Gasteiger partial charge in [0.25, 0.3) is 0 Å². The molecule has 0 fully saturated rings. The van der Waals surface area contributed by atoms with Crippen molar-refractivity contribution in [2.24, 2.45) is 5.10 Å². The van der Waals surface area contributed by atoms with E-state index in [-0.39, 0.29) is 6.61 Å². The van der Waals surface area contributed by atoms with Gasteiger partial charge in [-0.25, -0.2) is 5.10 Å². The number of nitrogens with one attached hydrogen (secondary N) is 1. The van der Waals surface area contributed by atoms with E-state index in [9.17, 15) is 0 Å². The first-order valence-corrected chi connectivity index (χ1v) is 8.63. The predicted octanol–water partition coefficient (Wildman–Crippen LogP) is 4.16. The van der Waals surface area contributed by atoms with Crippen molar-refractivity contribution in [1.29, 1.82) is 0 Å². The molecule has 0 aliphatic rings. The van der Waals surface area contributed by atoms with Gasteiger partial charge in [-0.3, -0.25) is 0 Å². The van der Waals surface area contributed by atoms with Crippen LogP contribution in [0.4, 0.5) is 0 Å². The number of hydrogen-bond acceptors (Lipinski definition) is 5. The molecule has 0 saturated heterocycles. The summed E-state index contributed by atoms with van der Waals surface area (Å²) in [6.45, 7) is 0.0914. The number of aromatic nitrogens is 3. The highest BCUT2D eigenvalue weighted by Crippen LogP contribution is 2.36. The first-order valence-electron chi connectivity index (χ1n) is 7.85. The van der Waals surface area contributed by atoms with Crippen LogP contribution < -0.4 is 9.47 Å². The van der Waals surface area contributed by atoms with E-state index in [1.165, 1.54) is 11.8 Å². The third kappa shape index (κ3) is 4.19. The zero-order valence-corrected chi connectivity index (χ0v) is 15.9. The molecule has 136 valence electrons. The van der Waals surface area contributed by atoms with Gasteiger partial charge in [0.15, 0.2) is 17.3 Å². The van der Waals surface area contributed by atoms with Gasteiger partial charge in [-0.05, 0) is 29.9 Å². The van der Waals surface area contributed by atoms with Crippen molar-refractivity contribution in [2.75, 3.05) is 13.7 Å². The van der Waals surface area contributed by atoms with Gasteiger partial charge in [-0.15, -0.1) is 6.42 Å². The minimum Gasteiger partial charge on any atom is -0.493 e. The third-order valence-corrected chi connectivity index (χ3v) is 4.10. The van der Waals surface area contributed by atoms with E-state index in [1.807, 2.05) is 30.3 Å². The molecule has 0 aliphatic carbocycles. The summed E-state index contributed by atoms with van der Waals surface area (Å²) in [5.74, 6) is 3.84. The van der Waals surface area contributed by atoms with Gasteiger partial charge in [-0.2, -0.15) is 14.9 Å². The van der Waals surface area contributed by atoms with Gasteiger partial charge in [0, 0.05) is 5.56 Å². The summed E-state index contributed by atoms with van der Waals surface area (Å²) in [7, 11) is 1.52. The summed E-state index contributed by atoms with van der Waals surface area (Å²) < 4.78 is 12.7. The standard InChI is InChI=1S/C19H15ClN4O2S/c1-3-9-26-17-15(20)10-13(11-16(17)25-2)12-21-24-18(22-23-19(24)27)14-7-5-4-6-8-14/h1,4-8,10-12H,9H2,2H3,(H,23,27)/b21-12-. The normalized spacial score (nSPS) is 10.7. The number of ether oxygens (including phenoxy) is 2. The zero-order chi connectivity index (χ0) is 19.2. The van der Waals surface area contributed by atoms with Crippen molar-refractivity contribution >= 4 is 30.0 Å².